The molecule has 11 nitrogen and oxygen atoms in total. The van der Waals surface area contributed by atoms with Gasteiger partial charge in [0.1, 0.15) is 18.3 Å². The quantitative estimate of drug-likeness (QED) is 0.298. The number of aromatic amines is 1. The van der Waals surface area contributed by atoms with E-state index in [2.05, 4.69) is 15.0 Å². The number of nitrogens with one attached hydrogen (secondary N) is 1. The smallest absolute Gasteiger partial charge is 0.349 e. The fraction of sp³-hybridized carbons (Fsp3) is 0.333. The zero-order valence-electron chi connectivity index (χ0n) is 19.0. The highest BCUT2D eigenvalue weighted by Crippen LogP contribution is 2.35. The van der Waals surface area contributed by atoms with Gasteiger partial charge in [-0.15, -0.1) is 0 Å². The molecule has 0 aliphatic carbocycles. The molecule has 1 saturated heterocycles. The predicted octanol–water partition coefficient (Wildman–Crippen LogP) is 0.141. The number of hydrogen-bond donors (Lipinski definition) is 4. The van der Waals surface area contributed by atoms with E-state index in [4.69, 9.17) is 9.47 Å². The van der Waals surface area contributed by atoms with E-state index < -0.39 is 42.1 Å². The summed E-state index contributed by atoms with van der Waals surface area (Å²) in [4.78, 5) is 35.1. The number of aliphatic hydroxyl groups is 3. The third-order valence-corrected chi connectivity index (χ3v) is 6.29. The molecule has 4 N–H and O–H groups in total. The van der Waals surface area contributed by atoms with Gasteiger partial charge >= 0.3 is 11.7 Å². The predicted molar refractivity (Wildman–Crippen MR) is 124 cm³/mol. The number of aromatic nitrogens is 4. The molecule has 0 amide bonds. The molecule has 0 radical (unpaired) electrons. The highest BCUT2D eigenvalue weighted by atomic mass is 16.8. The van der Waals surface area contributed by atoms with Crippen molar-refractivity contribution < 1.29 is 24.8 Å². The van der Waals surface area contributed by atoms with E-state index in [0.717, 1.165) is 11.1 Å². The van der Waals surface area contributed by atoms with Crippen LogP contribution < -0.4 is 11.2 Å². The SMILES string of the molecule is Cc1cc2nc3c(=O)[nH]c(=O)nc-3n(C[C@@H]3O[C@@](O)(c4ccccc4)O[C@H](CO)[C@H]3O)c2cc1C. The lowest BCUT2D eigenvalue weighted by atomic mass is 10.0. The Morgan fingerprint density at radius 2 is 1.74 bits per heavy atom. The van der Waals surface area contributed by atoms with Gasteiger partial charge in [0, 0.05) is 5.56 Å². The lowest BCUT2D eigenvalue weighted by Crippen LogP contribution is -2.57. The monoisotopic (exact) mass is 480 g/mol. The van der Waals surface area contributed by atoms with E-state index >= 15 is 0 Å². The van der Waals surface area contributed by atoms with Crippen LogP contribution in [0.2, 0.25) is 0 Å². The van der Waals surface area contributed by atoms with Crippen LogP contribution in [0.5, 0.6) is 0 Å². The normalized spacial score (nSPS) is 24.8. The maximum absolute atomic E-state index is 12.5. The number of hydrogen-bond acceptors (Lipinski definition) is 9. The Morgan fingerprint density at radius 3 is 2.46 bits per heavy atom. The molecular formula is C24H24N4O7. The summed E-state index contributed by atoms with van der Waals surface area (Å²) in [5.41, 5.74) is 1.57. The highest BCUT2D eigenvalue weighted by Gasteiger charge is 2.48. The van der Waals surface area contributed by atoms with Crippen molar-refractivity contribution in [2.45, 2.75) is 44.7 Å². The Hall–Kier alpha value is -3.48. The third kappa shape index (κ3) is 4.03. The molecule has 5 rings (SSSR count). The number of benzene rings is 2. The lowest BCUT2D eigenvalue weighted by molar-refractivity contribution is -0.448. The van der Waals surface area contributed by atoms with E-state index in [0.29, 0.717) is 11.0 Å². The largest absolute Gasteiger partial charge is 0.394 e. The van der Waals surface area contributed by atoms with Gasteiger partial charge in [-0.05, 0) is 37.1 Å². The van der Waals surface area contributed by atoms with Crippen molar-refractivity contribution in [3.8, 4) is 11.5 Å². The molecular weight excluding hydrogens is 456 g/mol. The van der Waals surface area contributed by atoms with Crippen LogP contribution in [0.25, 0.3) is 22.6 Å². The summed E-state index contributed by atoms with van der Waals surface area (Å²) in [6.07, 6.45) is -3.65. The van der Waals surface area contributed by atoms with Crippen LogP contribution in [0.1, 0.15) is 16.7 Å². The second-order valence-corrected chi connectivity index (χ2v) is 8.62. The summed E-state index contributed by atoms with van der Waals surface area (Å²) in [6, 6.07) is 11.9. The van der Waals surface area contributed by atoms with Crippen molar-refractivity contribution in [3.63, 3.8) is 0 Å². The second kappa shape index (κ2) is 8.63. The van der Waals surface area contributed by atoms with Crippen molar-refractivity contribution >= 4 is 11.0 Å². The minimum Gasteiger partial charge on any atom is -0.394 e. The van der Waals surface area contributed by atoms with E-state index in [1.54, 1.807) is 34.9 Å². The topological polar surface area (TPSA) is 160 Å². The number of aryl methyl sites for hydroxylation is 2. The zero-order chi connectivity index (χ0) is 24.9. The minimum atomic E-state index is -2.25. The molecule has 0 aromatic heterocycles. The number of nitrogens with zero attached hydrogens (tertiary/aromatic N) is 3. The number of fused-ring (bicyclic) bond motifs is 2. The van der Waals surface area contributed by atoms with Gasteiger partial charge in [0.05, 0.1) is 24.2 Å². The first-order valence-corrected chi connectivity index (χ1v) is 11.0. The molecule has 0 bridgehead atoms. The summed E-state index contributed by atoms with van der Waals surface area (Å²) < 4.78 is 12.9. The number of aliphatic hydroxyl groups excluding tert-OH is 2. The van der Waals surface area contributed by atoms with Crippen LogP contribution in [-0.2, 0) is 22.0 Å². The molecule has 4 atom stereocenters. The molecule has 3 aliphatic rings. The summed E-state index contributed by atoms with van der Waals surface area (Å²) in [5, 5.41) is 32.0. The lowest BCUT2D eigenvalue weighted by Gasteiger charge is -2.44. The maximum Gasteiger partial charge on any atom is 0.349 e. The molecule has 3 aliphatic heterocycles. The highest BCUT2D eigenvalue weighted by molar-refractivity contribution is 5.81. The molecule has 2 aromatic carbocycles. The first-order valence-electron chi connectivity index (χ1n) is 11.0. The van der Waals surface area contributed by atoms with Crippen LogP contribution >= 0.6 is 0 Å². The maximum atomic E-state index is 12.5. The molecule has 0 unspecified atom stereocenters. The van der Waals surface area contributed by atoms with Crippen LogP contribution in [0.3, 0.4) is 0 Å². The number of ether oxygens (including phenoxy) is 2. The Morgan fingerprint density at radius 1 is 1.06 bits per heavy atom. The van der Waals surface area contributed by atoms with Gasteiger partial charge in [0.2, 0.25) is 0 Å². The Labute approximate surface area is 198 Å². The van der Waals surface area contributed by atoms with E-state index in [9.17, 15) is 24.9 Å². The average molecular weight is 480 g/mol. The summed E-state index contributed by atoms with van der Waals surface area (Å²) >= 11 is 0. The van der Waals surface area contributed by atoms with Crippen LogP contribution in [-0.4, -0.2) is 59.8 Å². The number of H-pyrrole nitrogens is 1. The van der Waals surface area contributed by atoms with Crippen molar-refractivity contribution in [2.24, 2.45) is 0 Å². The molecule has 0 spiro atoms. The Bertz CT molecular complexity index is 1490. The summed E-state index contributed by atoms with van der Waals surface area (Å²) in [5.74, 6) is -2.25. The zero-order valence-corrected chi connectivity index (χ0v) is 19.0. The third-order valence-electron chi connectivity index (χ3n) is 6.29. The van der Waals surface area contributed by atoms with Crippen molar-refractivity contribution in [2.75, 3.05) is 6.61 Å². The van der Waals surface area contributed by atoms with Crippen LogP contribution in [0.15, 0.2) is 52.1 Å². The Balaban J connectivity index is 1.68. The Kier molecular flexibility index (Phi) is 5.74. The van der Waals surface area contributed by atoms with Crippen LogP contribution in [0, 0.1) is 13.8 Å². The van der Waals surface area contributed by atoms with Gasteiger partial charge < -0.3 is 29.4 Å². The van der Waals surface area contributed by atoms with Gasteiger partial charge in [-0.25, -0.2) is 9.78 Å². The van der Waals surface area contributed by atoms with Gasteiger partial charge in [-0.3, -0.25) is 9.78 Å². The molecule has 35 heavy (non-hydrogen) atoms. The molecule has 1 fully saturated rings. The van der Waals surface area contributed by atoms with Crippen molar-refractivity contribution in [1.82, 2.24) is 19.5 Å². The van der Waals surface area contributed by atoms with Gasteiger partial charge in [0.15, 0.2) is 11.5 Å². The second-order valence-electron chi connectivity index (χ2n) is 8.62. The van der Waals surface area contributed by atoms with Crippen molar-refractivity contribution in [1.29, 1.82) is 0 Å². The fourth-order valence-corrected chi connectivity index (χ4v) is 4.31. The molecule has 0 saturated carbocycles. The van der Waals surface area contributed by atoms with E-state index in [-0.39, 0.29) is 23.6 Å². The van der Waals surface area contributed by atoms with Gasteiger partial charge in [0.25, 0.3) is 5.56 Å². The molecule has 3 heterocycles. The first kappa shape index (κ1) is 23.3. The van der Waals surface area contributed by atoms with Crippen LogP contribution in [0.4, 0.5) is 0 Å². The summed E-state index contributed by atoms with van der Waals surface area (Å²) in [7, 11) is 0. The number of rotatable bonds is 4. The van der Waals surface area contributed by atoms with E-state index in [1.165, 1.54) is 0 Å². The first-order chi connectivity index (χ1) is 16.7. The standard InChI is InChI=1S/C24H24N4O7/c1-12-8-15-16(9-13(12)2)28(21-19(25-15)22(31)27-23(32)26-21)10-17-20(30)18(11-29)35-24(33,34-17)14-6-4-3-5-7-14/h3-9,17-18,20,29-30,33H,10-11H2,1-2H3,(H,27,31,32)/t17-,18+,20-,24-/m0/s1. The minimum absolute atomic E-state index is 0.000550. The molecule has 2 aromatic rings. The van der Waals surface area contributed by atoms with Gasteiger partial charge in [-0.1, -0.05) is 30.3 Å². The fourth-order valence-electron chi connectivity index (χ4n) is 4.31. The molecule has 182 valence electrons. The average Bonchev–Trinajstić information content (AvgIpc) is 2.83. The van der Waals surface area contributed by atoms with Gasteiger partial charge in [-0.2, -0.15) is 4.98 Å². The van der Waals surface area contributed by atoms with Crippen molar-refractivity contribution in [3.05, 3.63) is 80.0 Å². The summed E-state index contributed by atoms with van der Waals surface area (Å²) in [6.45, 7) is 3.10. The van der Waals surface area contributed by atoms with E-state index in [1.807, 2.05) is 26.0 Å². The molecule has 11 heteroatoms.